The Balaban J connectivity index is 1.20. The summed E-state index contributed by atoms with van der Waals surface area (Å²) < 4.78 is 1.90. The Morgan fingerprint density at radius 3 is 2.77 bits per heavy atom. The Bertz CT molecular complexity index is 977. The number of nitrogens with one attached hydrogen (secondary N) is 1. The smallest absolute Gasteiger partial charge is 0.178 e. The number of hydrogen-bond donors (Lipinski definition) is 1. The molecule has 5 rings (SSSR count). The summed E-state index contributed by atoms with van der Waals surface area (Å²) in [4.78, 5) is 6.51. The van der Waals surface area contributed by atoms with E-state index in [1.54, 1.807) is 12.3 Å². The summed E-state index contributed by atoms with van der Waals surface area (Å²) in [5.74, 6) is 3.86. The Morgan fingerprint density at radius 1 is 1.15 bits per heavy atom. The Morgan fingerprint density at radius 2 is 2.04 bits per heavy atom. The molecule has 1 saturated carbocycles. The second-order valence-corrected chi connectivity index (χ2v) is 6.99. The molecule has 0 radical (unpaired) electrons. The van der Waals surface area contributed by atoms with Crippen LogP contribution in [0.4, 0.5) is 11.6 Å². The number of fused-ring (bicyclic) bond motifs is 1. The second-order valence-electron chi connectivity index (χ2n) is 6.99. The third kappa shape index (κ3) is 2.71. The molecule has 0 spiro atoms. The molecular formula is C18H18N8. The first kappa shape index (κ1) is 15.1. The van der Waals surface area contributed by atoms with Gasteiger partial charge in [-0.15, -0.1) is 15.3 Å². The highest BCUT2D eigenvalue weighted by Crippen LogP contribution is 2.38. The molecular weight excluding hydrogens is 328 g/mol. The van der Waals surface area contributed by atoms with E-state index < -0.39 is 0 Å². The molecule has 0 amide bonds. The van der Waals surface area contributed by atoms with Gasteiger partial charge < -0.3 is 10.2 Å². The maximum absolute atomic E-state index is 8.80. The minimum Gasteiger partial charge on any atom is -0.370 e. The molecule has 2 aliphatic rings. The van der Waals surface area contributed by atoms with Gasteiger partial charge in [0, 0.05) is 37.7 Å². The molecule has 3 aromatic heterocycles. The average Bonchev–Trinajstić information content (AvgIpc) is 3.40. The molecule has 0 atom stereocenters. The molecule has 8 heteroatoms. The normalized spacial score (nSPS) is 17.1. The first-order chi connectivity index (χ1) is 12.8. The van der Waals surface area contributed by atoms with Crippen molar-refractivity contribution in [3.05, 3.63) is 41.9 Å². The van der Waals surface area contributed by atoms with Gasteiger partial charge in [0.1, 0.15) is 17.7 Å². The summed E-state index contributed by atoms with van der Waals surface area (Å²) in [6, 6.07) is 9.71. The first-order valence-corrected chi connectivity index (χ1v) is 8.87. The monoisotopic (exact) mass is 346 g/mol. The molecule has 130 valence electrons. The zero-order valence-electron chi connectivity index (χ0n) is 14.2. The molecule has 1 saturated heterocycles. The summed E-state index contributed by atoms with van der Waals surface area (Å²) in [7, 11) is 0. The van der Waals surface area contributed by atoms with Crippen molar-refractivity contribution in [1.29, 1.82) is 5.26 Å². The lowest BCUT2D eigenvalue weighted by Gasteiger charge is -2.40. The van der Waals surface area contributed by atoms with E-state index in [0.29, 0.717) is 17.4 Å². The highest BCUT2D eigenvalue weighted by Gasteiger charge is 2.31. The van der Waals surface area contributed by atoms with Crippen LogP contribution in [0.25, 0.3) is 5.65 Å². The number of aromatic nitrogens is 5. The molecule has 0 unspecified atom stereocenters. The van der Waals surface area contributed by atoms with Crippen LogP contribution in [-0.2, 0) is 0 Å². The van der Waals surface area contributed by atoms with Crippen LogP contribution in [0.2, 0.25) is 0 Å². The van der Waals surface area contributed by atoms with Crippen molar-refractivity contribution in [3.8, 4) is 6.07 Å². The largest absolute Gasteiger partial charge is 0.370 e. The van der Waals surface area contributed by atoms with Crippen LogP contribution in [0.3, 0.4) is 0 Å². The van der Waals surface area contributed by atoms with Gasteiger partial charge in [-0.2, -0.15) is 9.78 Å². The summed E-state index contributed by atoms with van der Waals surface area (Å²) in [5.41, 5.74) is 1.40. The van der Waals surface area contributed by atoms with Gasteiger partial charge in [0.25, 0.3) is 0 Å². The Labute approximate surface area is 150 Å². The lowest BCUT2D eigenvalue weighted by Crippen LogP contribution is -2.50. The number of pyridine rings is 1. The van der Waals surface area contributed by atoms with Gasteiger partial charge in [0.05, 0.1) is 5.56 Å². The summed E-state index contributed by atoms with van der Waals surface area (Å²) in [6.07, 6.45) is 3.96. The molecule has 4 heterocycles. The third-order valence-corrected chi connectivity index (χ3v) is 4.96. The fourth-order valence-electron chi connectivity index (χ4n) is 3.26. The zero-order chi connectivity index (χ0) is 17.5. The van der Waals surface area contributed by atoms with Crippen LogP contribution in [0.15, 0.2) is 30.5 Å². The van der Waals surface area contributed by atoms with E-state index >= 15 is 0 Å². The molecule has 3 aromatic rings. The van der Waals surface area contributed by atoms with Gasteiger partial charge in [-0.25, -0.2) is 4.98 Å². The number of anilines is 2. The standard InChI is InChI=1S/C18H18N8/c19-7-12-1-4-15(20-8-12)21-9-13-10-25(11-13)17-6-5-16-22-23-18(14-2-3-14)26(16)24-17/h1,4-6,8,13-14H,2-3,9-11H2,(H,20,21). The van der Waals surface area contributed by atoms with Crippen molar-refractivity contribution < 1.29 is 0 Å². The quantitative estimate of drug-likeness (QED) is 0.753. The number of rotatable bonds is 5. The van der Waals surface area contributed by atoms with Gasteiger partial charge in [-0.1, -0.05) is 0 Å². The molecule has 1 aliphatic heterocycles. The van der Waals surface area contributed by atoms with Crippen molar-refractivity contribution >= 4 is 17.3 Å². The van der Waals surface area contributed by atoms with Crippen LogP contribution in [-0.4, -0.2) is 44.4 Å². The predicted octanol–water partition coefficient (Wildman–Crippen LogP) is 1.82. The maximum atomic E-state index is 8.80. The SMILES string of the molecule is N#Cc1ccc(NCC2CN(c3ccc4nnc(C5CC5)n4n3)C2)nc1. The van der Waals surface area contributed by atoms with E-state index in [-0.39, 0.29) is 0 Å². The first-order valence-electron chi connectivity index (χ1n) is 8.87. The van der Waals surface area contributed by atoms with E-state index in [4.69, 9.17) is 10.4 Å². The molecule has 0 aromatic carbocycles. The van der Waals surface area contributed by atoms with Gasteiger partial charge in [0.15, 0.2) is 11.5 Å². The van der Waals surface area contributed by atoms with Gasteiger partial charge in [-0.05, 0) is 37.1 Å². The molecule has 26 heavy (non-hydrogen) atoms. The maximum Gasteiger partial charge on any atom is 0.178 e. The van der Waals surface area contributed by atoms with E-state index in [1.807, 2.05) is 22.7 Å². The number of nitrogens with zero attached hydrogens (tertiary/aromatic N) is 7. The lowest BCUT2D eigenvalue weighted by atomic mass is 10.0. The Kier molecular flexibility index (Phi) is 3.45. The highest BCUT2D eigenvalue weighted by molar-refractivity contribution is 5.48. The Hall–Kier alpha value is -3.21. The molecule has 1 N–H and O–H groups in total. The van der Waals surface area contributed by atoms with Crippen LogP contribution in [0, 0.1) is 17.2 Å². The molecule has 2 fully saturated rings. The fraction of sp³-hybridized carbons (Fsp3) is 0.389. The van der Waals surface area contributed by atoms with Crippen molar-refractivity contribution in [2.24, 2.45) is 5.92 Å². The van der Waals surface area contributed by atoms with Gasteiger partial charge in [0.2, 0.25) is 0 Å². The van der Waals surface area contributed by atoms with Crippen molar-refractivity contribution in [1.82, 2.24) is 24.8 Å². The number of nitriles is 1. The topological polar surface area (TPSA) is 95.0 Å². The van der Waals surface area contributed by atoms with E-state index in [0.717, 1.165) is 42.7 Å². The lowest BCUT2D eigenvalue weighted by molar-refractivity contribution is 0.424. The minimum atomic E-state index is 0.529. The van der Waals surface area contributed by atoms with Crippen molar-refractivity contribution in [2.75, 3.05) is 29.9 Å². The highest BCUT2D eigenvalue weighted by atomic mass is 15.4. The van der Waals surface area contributed by atoms with Crippen LogP contribution in [0.1, 0.15) is 30.1 Å². The average molecular weight is 346 g/mol. The van der Waals surface area contributed by atoms with E-state index in [1.165, 1.54) is 12.8 Å². The summed E-state index contributed by atoms with van der Waals surface area (Å²) >= 11 is 0. The second kappa shape index (κ2) is 5.95. The van der Waals surface area contributed by atoms with E-state index in [2.05, 4.69) is 31.5 Å². The third-order valence-electron chi connectivity index (χ3n) is 4.96. The van der Waals surface area contributed by atoms with Crippen LogP contribution < -0.4 is 10.2 Å². The van der Waals surface area contributed by atoms with Crippen molar-refractivity contribution in [2.45, 2.75) is 18.8 Å². The predicted molar refractivity (Wildman–Crippen MR) is 95.9 cm³/mol. The minimum absolute atomic E-state index is 0.529. The fourth-order valence-corrected chi connectivity index (χ4v) is 3.26. The van der Waals surface area contributed by atoms with Crippen LogP contribution >= 0.6 is 0 Å². The summed E-state index contributed by atoms with van der Waals surface area (Å²) in [6.45, 7) is 2.78. The van der Waals surface area contributed by atoms with E-state index in [9.17, 15) is 0 Å². The van der Waals surface area contributed by atoms with Gasteiger partial charge >= 0.3 is 0 Å². The molecule has 8 nitrogen and oxygen atoms in total. The molecule has 1 aliphatic carbocycles. The zero-order valence-corrected chi connectivity index (χ0v) is 14.2. The molecule has 0 bridgehead atoms. The van der Waals surface area contributed by atoms with Crippen LogP contribution in [0.5, 0.6) is 0 Å². The number of hydrogen-bond acceptors (Lipinski definition) is 7. The van der Waals surface area contributed by atoms with Crippen molar-refractivity contribution in [3.63, 3.8) is 0 Å². The van der Waals surface area contributed by atoms with Gasteiger partial charge in [-0.3, -0.25) is 0 Å². The summed E-state index contributed by atoms with van der Waals surface area (Å²) in [5, 5.41) is 25.4.